The van der Waals surface area contributed by atoms with Gasteiger partial charge in [0.2, 0.25) is 0 Å². The molecule has 0 saturated heterocycles. The zero-order valence-electron chi connectivity index (χ0n) is 7.36. The molecule has 0 aromatic carbocycles. The van der Waals surface area contributed by atoms with Gasteiger partial charge < -0.3 is 0 Å². The molecule has 0 spiro atoms. The highest BCUT2D eigenvalue weighted by atomic mass is 79.9. The van der Waals surface area contributed by atoms with E-state index in [1.807, 2.05) is 20.8 Å². The van der Waals surface area contributed by atoms with Gasteiger partial charge in [-0.15, -0.1) is 0 Å². The lowest BCUT2D eigenvalue weighted by atomic mass is 10.0. The second kappa shape index (κ2) is 3.52. The lowest BCUT2D eigenvalue weighted by Gasteiger charge is -2.08. The van der Waals surface area contributed by atoms with Crippen molar-refractivity contribution in [3.63, 3.8) is 0 Å². The Morgan fingerprint density at radius 1 is 1.50 bits per heavy atom. The Morgan fingerprint density at radius 2 is 2.08 bits per heavy atom. The van der Waals surface area contributed by atoms with Crippen LogP contribution in [0.1, 0.15) is 31.0 Å². The molecular formula is C9H11BrFN. The molecule has 0 amide bonds. The van der Waals surface area contributed by atoms with Gasteiger partial charge in [-0.3, -0.25) is 0 Å². The SMILES string of the molecule is Cc1cc(C(C)C)c(F)c(Br)n1. The van der Waals surface area contributed by atoms with Gasteiger partial charge in [-0.2, -0.15) is 0 Å². The molecule has 0 aliphatic heterocycles. The van der Waals surface area contributed by atoms with E-state index >= 15 is 0 Å². The van der Waals surface area contributed by atoms with Crippen LogP contribution in [0, 0.1) is 12.7 Å². The molecule has 1 nitrogen and oxygen atoms in total. The minimum absolute atomic E-state index is 0.197. The molecule has 0 saturated carbocycles. The van der Waals surface area contributed by atoms with Crippen LogP contribution >= 0.6 is 15.9 Å². The summed E-state index contributed by atoms with van der Waals surface area (Å²) >= 11 is 3.08. The third kappa shape index (κ3) is 1.83. The number of halogens is 2. The van der Waals surface area contributed by atoms with Crippen molar-refractivity contribution in [1.82, 2.24) is 4.98 Å². The van der Waals surface area contributed by atoms with Crippen LogP contribution < -0.4 is 0 Å². The van der Waals surface area contributed by atoms with Crippen LogP contribution in [0.2, 0.25) is 0 Å². The van der Waals surface area contributed by atoms with Gasteiger partial charge in [0.15, 0.2) is 5.82 Å². The maximum absolute atomic E-state index is 13.3. The zero-order chi connectivity index (χ0) is 9.30. The van der Waals surface area contributed by atoms with E-state index in [9.17, 15) is 4.39 Å². The molecule has 1 aromatic rings. The number of rotatable bonds is 1. The maximum Gasteiger partial charge on any atom is 0.159 e. The number of aromatic nitrogens is 1. The molecule has 0 bridgehead atoms. The van der Waals surface area contributed by atoms with E-state index in [0.29, 0.717) is 4.60 Å². The smallest absolute Gasteiger partial charge is 0.159 e. The Labute approximate surface area is 80.1 Å². The van der Waals surface area contributed by atoms with Crippen molar-refractivity contribution in [3.05, 3.63) is 27.7 Å². The fourth-order valence-corrected chi connectivity index (χ4v) is 1.57. The first-order valence-corrected chi connectivity index (χ1v) is 4.64. The Bertz CT molecular complexity index is 297. The monoisotopic (exact) mass is 231 g/mol. The molecule has 66 valence electrons. The Hall–Kier alpha value is -0.440. The van der Waals surface area contributed by atoms with E-state index in [0.717, 1.165) is 11.3 Å². The molecule has 3 heteroatoms. The second-order valence-electron chi connectivity index (χ2n) is 3.11. The average molecular weight is 232 g/mol. The van der Waals surface area contributed by atoms with Crippen molar-refractivity contribution in [1.29, 1.82) is 0 Å². The van der Waals surface area contributed by atoms with Crippen molar-refractivity contribution in [3.8, 4) is 0 Å². The summed E-state index contributed by atoms with van der Waals surface area (Å²) in [6.45, 7) is 5.78. The van der Waals surface area contributed by atoms with Gasteiger partial charge in [0.25, 0.3) is 0 Å². The molecule has 0 unspecified atom stereocenters. The van der Waals surface area contributed by atoms with E-state index in [1.54, 1.807) is 6.07 Å². The molecule has 12 heavy (non-hydrogen) atoms. The molecule has 0 N–H and O–H groups in total. The average Bonchev–Trinajstić information content (AvgIpc) is 1.96. The third-order valence-electron chi connectivity index (χ3n) is 1.70. The summed E-state index contributed by atoms with van der Waals surface area (Å²) in [5, 5.41) is 0. The van der Waals surface area contributed by atoms with Crippen LogP contribution in [-0.4, -0.2) is 4.98 Å². The zero-order valence-corrected chi connectivity index (χ0v) is 8.94. The van der Waals surface area contributed by atoms with E-state index in [-0.39, 0.29) is 11.7 Å². The van der Waals surface area contributed by atoms with Crippen molar-refractivity contribution < 1.29 is 4.39 Å². The minimum Gasteiger partial charge on any atom is -0.243 e. The number of hydrogen-bond acceptors (Lipinski definition) is 1. The predicted molar refractivity (Wildman–Crippen MR) is 50.7 cm³/mol. The molecule has 1 aromatic heterocycles. The topological polar surface area (TPSA) is 12.9 Å². The molecule has 0 aliphatic carbocycles. The summed E-state index contributed by atoms with van der Waals surface area (Å²) < 4.78 is 13.6. The van der Waals surface area contributed by atoms with Crippen molar-refractivity contribution >= 4 is 15.9 Å². The number of pyridine rings is 1. The van der Waals surface area contributed by atoms with Crippen LogP contribution in [0.5, 0.6) is 0 Å². The van der Waals surface area contributed by atoms with Gasteiger partial charge >= 0.3 is 0 Å². The van der Waals surface area contributed by atoms with Gasteiger partial charge in [0.1, 0.15) is 4.60 Å². The maximum atomic E-state index is 13.3. The highest BCUT2D eigenvalue weighted by molar-refractivity contribution is 9.10. The van der Waals surface area contributed by atoms with Gasteiger partial charge in [-0.25, -0.2) is 9.37 Å². The van der Waals surface area contributed by atoms with Gasteiger partial charge in [-0.05, 0) is 40.4 Å². The second-order valence-corrected chi connectivity index (χ2v) is 3.86. The molecule has 0 radical (unpaired) electrons. The molecule has 1 rings (SSSR count). The first-order valence-electron chi connectivity index (χ1n) is 3.85. The molecular weight excluding hydrogens is 221 g/mol. The van der Waals surface area contributed by atoms with Gasteiger partial charge in [0.05, 0.1) is 0 Å². The predicted octanol–water partition coefficient (Wildman–Crippen LogP) is 3.42. The van der Waals surface area contributed by atoms with E-state index in [2.05, 4.69) is 20.9 Å². The molecule has 0 fully saturated rings. The summed E-state index contributed by atoms with van der Waals surface area (Å²) in [6, 6.07) is 1.78. The number of hydrogen-bond donors (Lipinski definition) is 0. The highest BCUT2D eigenvalue weighted by Gasteiger charge is 2.11. The summed E-state index contributed by atoms with van der Waals surface area (Å²) in [6.07, 6.45) is 0. The number of aryl methyl sites for hydroxylation is 1. The van der Waals surface area contributed by atoms with Crippen LogP contribution in [0.15, 0.2) is 10.7 Å². The normalized spacial score (nSPS) is 10.8. The molecule has 1 heterocycles. The van der Waals surface area contributed by atoms with E-state index in [4.69, 9.17) is 0 Å². The van der Waals surface area contributed by atoms with Crippen LogP contribution in [0.25, 0.3) is 0 Å². The lowest BCUT2D eigenvalue weighted by molar-refractivity contribution is 0.582. The highest BCUT2D eigenvalue weighted by Crippen LogP contribution is 2.23. The van der Waals surface area contributed by atoms with E-state index in [1.165, 1.54) is 0 Å². The van der Waals surface area contributed by atoms with Crippen LogP contribution in [0.3, 0.4) is 0 Å². The van der Waals surface area contributed by atoms with Crippen molar-refractivity contribution in [2.24, 2.45) is 0 Å². The van der Waals surface area contributed by atoms with Crippen LogP contribution in [-0.2, 0) is 0 Å². The summed E-state index contributed by atoms with van der Waals surface area (Å²) in [4.78, 5) is 3.96. The Kier molecular flexibility index (Phi) is 2.83. The summed E-state index contributed by atoms with van der Waals surface area (Å²) in [5.41, 5.74) is 1.56. The van der Waals surface area contributed by atoms with Crippen molar-refractivity contribution in [2.45, 2.75) is 26.7 Å². The summed E-state index contributed by atoms with van der Waals surface area (Å²) in [7, 11) is 0. The molecule has 0 aliphatic rings. The summed E-state index contributed by atoms with van der Waals surface area (Å²) in [5.74, 6) is -0.0430. The fourth-order valence-electron chi connectivity index (χ4n) is 1.06. The lowest BCUT2D eigenvalue weighted by Crippen LogP contribution is -1.97. The minimum atomic E-state index is -0.240. The van der Waals surface area contributed by atoms with Crippen molar-refractivity contribution in [2.75, 3.05) is 0 Å². The first kappa shape index (κ1) is 9.65. The quantitative estimate of drug-likeness (QED) is 0.676. The van der Waals surface area contributed by atoms with E-state index < -0.39 is 0 Å². The van der Waals surface area contributed by atoms with Crippen LogP contribution in [0.4, 0.5) is 4.39 Å². The van der Waals surface area contributed by atoms with Gasteiger partial charge in [-0.1, -0.05) is 13.8 Å². The Balaban J connectivity index is 3.28. The third-order valence-corrected chi connectivity index (χ3v) is 2.22. The first-order chi connectivity index (χ1) is 5.52. The standard InChI is InChI=1S/C9H11BrFN/c1-5(2)7-4-6(3)12-9(10)8(7)11/h4-5H,1-3H3. The fraction of sp³-hybridized carbons (Fsp3) is 0.444. The largest absolute Gasteiger partial charge is 0.243 e. The molecule has 0 atom stereocenters. The van der Waals surface area contributed by atoms with Gasteiger partial charge in [0, 0.05) is 5.69 Å². The Morgan fingerprint density at radius 3 is 2.58 bits per heavy atom. The number of nitrogens with zero attached hydrogens (tertiary/aromatic N) is 1.